The monoisotopic (exact) mass is 291 g/mol. The maximum absolute atomic E-state index is 11.8. The van der Waals surface area contributed by atoms with E-state index in [0.717, 1.165) is 16.8 Å². The van der Waals surface area contributed by atoms with Gasteiger partial charge in [-0.3, -0.25) is 14.9 Å². The number of hydrogen-bond acceptors (Lipinski definition) is 4. The minimum atomic E-state index is -0.311. The van der Waals surface area contributed by atoms with Crippen LogP contribution in [0.3, 0.4) is 0 Å². The number of hydrogen-bond donors (Lipinski definition) is 2. The van der Waals surface area contributed by atoms with Crippen molar-refractivity contribution in [2.45, 2.75) is 0 Å². The third-order valence-corrected chi connectivity index (χ3v) is 3.02. The summed E-state index contributed by atoms with van der Waals surface area (Å²) < 4.78 is 0. The Labute approximate surface area is 126 Å². The normalized spacial score (nSPS) is 10.7. The van der Waals surface area contributed by atoms with Gasteiger partial charge in [-0.2, -0.15) is 10.2 Å². The highest BCUT2D eigenvalue weighted by Gasteiger charge is 2.06. The van der Waals surface area contributed by atoms with Crippen LogP contribution in [0, 0.1) is 0 Å². The third-order valence-electron chi connectivity index (χ3n) is 3.02. The Bertz CT molecular complexity index is 781. The Morgan fingerprint density at radius 1 is 1.14 bits per heavy atom. The molecule has 2 N–H and O–H groups in total. The number of carbonyl (C=O) groups is 1. The van der Waals surface area contributed by atoms with Crippen molar-refractivity contribution in [2.75, 3.05) is 0 Å². The maximum Gasteiger partial charge on any atom is 0.272 e. The molecule has 22 heavy (non-hydrogen) atoms. The molecule has 0 spiro atoms. The fourth-order valence-electron chi connectivity index (χ4n) is 1.95. The van der Waals surface area contributed by atoms with Gasteiger partial charge in [0, 0.05) is 23.5 Å². The van der Waals surface area contributed by atoms with Gasteiger partial charge in [-0.05, 0) is 12.1 Å². The van der Waals surface area contributed by atoms with Gasteiger partial charge in [0.25, 0.3) is 5.91 Å². The molecule has 0 fully saturated rings. The number of nitrogens with one attached hydrogen (secondary N) is 2. The predicted octanol–water partition coefficient (Wildman–Crippen LogP) is 2.24. The second-order valence-electron chi connectivity index (χ2n) is 4.51. The second kappa shape index (κ2) is 6.45. The number of benzene rings is 1. The van der Waals surface area contributed by atoms with Crippen molar-refractivity contribution in [3.63, 3.8) is 0 Å². The fourth-order valence-corrected chi connectivity index (χ4v) is 1.95. The molecule has 0 aliphatic carbocycles. The maximum atomic E-state index is 11.8. The Morgan fingerprint density at radius 2 is 2.00 bits per heavy atom. The van der Waals surface area contributed by atoms with Gasteiger partial charge in [0.05, 0.1) is 23.7 Å². The molecule has 6 nitrogen and oxygen atoms in total. The Balaban J connectivity index is 1.72. The minimum absolute atomic E-state index is 0.311. The first-order chi connectivity index (χ1) is 10.8. The van der Waals surface area contributed by atoms with Crippen LogP contribution in [0.2, 0.25) is 0 Å². The molecule has 1 amide bonds. The average Bonchev–Trinajstić information content (AvgIpc) is 3.05. The van der Waals surface area contributed by atoms with Gasteiger partial charge < -0.3 is 0 Å². The first-order valence-electron chi connectivity index (χ1n) is 6.67. The van der Waals surface area contributed by atoms with Crippen LogP contribution in [-0.2, 0) is 0 Å². The van der Waals surface area contributed by atoms with Crippen LogP contribution in [0.5, 0.6) is 0 Å². The van der Waals surface area contributed by atoms with Gasteiger partial charge in [0.2, 0.25) is 0 Å². The fraction of sp³-hybridized carbons (Fsp3) is 0. The third kappa shape index (κ3) is 3.06. The highest BCUT2D eigenvalue weighted by Crippen LogP contribution is 2.18. The standard InChI is InChI=1S/C16H13N5O/c22-16(13-7-4-8-17-9-13)21-19-11-14-10-18-20-15(14)12-5-2-1-3-6-12/h1-11H,(H,18,20)(H,21,22)/b19-11-. The van der Waals surface area contributed by atoms with Crippen molar-refractivity contribution in [3.8, 4) is 11.3 Å². The van der Waals surface area contributed by atoms with Gasteiger partial charge in [-0.1, -0.05) is 30.3 Å². The van der Waals surface area contributed by atoms with E-state index < -0.39 is 0 Å². The largest absolute Gasteiger partial charge is 0.277 e. The minimum Gasteiger partial charge on any atom is -0.277 e. The molecule has 3 aromatic rings. The van der Waals surface area contributed by atoms with Gasteiger partial charge in [0.15, 0.2) is 0 Å². The quantitative estimate of drug-likeness (QED) is 0.571. The second-order valence-corrected chi connectivity index (χ2v) is 4.51. The molecule has 108 valence electrons. The lowest BCUT2D eigenvalue weighted by Crippen LogP contribution is -2.17. The molecule has 0 bridgehead atoms. The molecule has 0 radical (unpaired) electrons. The van der Waals surface area contributed by atoms with Crippen molar-refractivity contribution in [1.82, 2.24) is 20.6 Å². The Morgan fingerprint density at radius 3 is 2.77 bits per heavy atom. The molecule has 0 saturated carbocycles. The molecule has 0 saturated heterocycles. The van der Waals surface area contributed by atoms with E-state index in [2.05, 4.69) is 25.7 Å². The smallest absolute Gasteiger partial charge is 0.272 e. The van der Waals surface area contributed by atoms with Crippen LogP contribution in [0.1, 0.15) is 15.9 Å². The van der Waals surface area contributed by atoms with Crippen molar-refractivity contribution < 1.29 is 4.79 Å². The van der Waals surface area contributed by atoms with Crippen LogP contribution < -0.4 is 5.43 Å². The van der Waals surface area contributed by atoms with E-state index in [1.54, 1.807) is 30.7 Å². The summed E-state index contributed by atoms with van der Waals surface area (Å²) in [6.45, 7) is 0. The van der Waals surface area contributed by atoms with E-state index in [-0.39, 0.29) is 5.91 Å². The molecule has 0 atom stereocenters. The zero-order chi connectivity index (χ0) is 15.2. The van der Waals surface area contributed by atoms with E-state index >= 15 is 0 Å². The number of aromatic amines is 1. The van der Waals surface area contributed by atoms with Crippen LogP contribution in [0.4, 0.5) is 0 Å². The van der Waals surface area contributed by atoms with E-state index in [9.17, 15) is 4.79 Å². The van der Waals surface area contributed by atoms with Crippen LogP contribution in [0.25, 0.3) is 11.3 Å². The molecule has 2 heterocycles. The SMILES string of the molecule is O=C(N/N=C\c1cn[nH]c1-c1ccccc1)c1cccnc1. The molecular weight excluding hydrogens is 278 g/mol. The van der Waals surface area contributed by atoms with Crippen molar-refractivity contribution in [1.29, 1.82) is 0 Å². The molecule has 2 aromatic heterocycles. The highest BCUT2D eigenvalue weighted by molar-refractivity contribution is 5.95. The zero-order valence-electron chi connectivity index (χ0n) is 11.6. The van der Waals surface area contributed by atoms with E-state index in [0.29, 0.717) is 5.56 Å². The summed E-state index contributed by atoms with van der Waals surface area (Å²) >= 11 is 0. The van der Waals surface area contributed by atoms with E-state index in [1.807, 2.05) is 30.3 Å². The summed E-state index contributed by atoms with van der Waals surface area (Å²) in [7, 11) is 0. The summed E-state index contributed by atoms with van der Waals surface area (Å²) in [6, 6.07) is 13.1. The zero-order valence-corrected chi connectivity index (χ0v) is 11.6. The summed E-state index contributed by atoms with van der Waals surface area (Å²) in [5.74, 6) is -0.311. The lowest BCUT2D eigenvalue weighted by Gasteiger charge is -2.00. The van der Waals surface area contributed by atoms with Crippen LogP contribution >= 0.6 is 0 Å². The number of hydrazone groups is 1. The van der Waals surface area contributed by atoms with Crippen molar-refractivity contribution in [2.24, 2.45) is 5.10 Å². The summed E-state index contributed by atoms with van der Waals surface area (Å²) in [4.78, 5) is 15.7. The summed E-state index contributed by atoms with van der Waals surface area (Å²) in [6.07, 6.45) is 6.30. The highest BCUT2D eigenvalue weighted by atomic mass is 16.2. The predicted molar refractivity (Wildman–Crippen MR) is 83.3 cm³/mol. The number of rotatable bonds is 4. The number of pyridine rings is 1. The number of nitrogens with zero attached hydrogens (tertiary/aromatic N) is 3. The Hall–Kier alpha value is -3.28. The molecule has 3 rings (SSSR count). The lowest BCUT2D eigenvalue weighted by atomic mass is 10.1. The van der Waals surface area contributed by atoms with Crippen LogP contribution in [-0.4, -0.2) is 27.3 Å². The van der Waals surface area contributed by atoms with Crippen molar-refractivity contribution >= 4 is 12.1 Å². The topological polar surface area (TPSA) is 83.0 Å². The van der Waals surface area contributed by atoms with E-state index in [1.165, 1.54) is 6.20 Å². The van der Waals surface area contributed by atoms with E-state index in [4.69, 9.17) is 0 Å². The molecule has 0 aliphatic heterocycles. The summed E-state index contributed by atoms with van der Waals surface area (Å²) in [5, 5.41) is 10.9. The summed E-state index contributed by atoms with van der Waals surface area (Å²) in [5.41, 5.74) is 5.56. The first kappa shape index (κ1) is 13.7. The molecule has 6 heteroatoms. The Kier molecular flexibility index (Phi) is 4.01. The molecule has 1 aromatic carbocycles. The van der Waals surface area contributed by atoms with Gasteiger partial charge in [-0.15, -0.1) is 0 Å². The van der Waals surface area contributed by atoms with Crippen LogP contribution in [0.15, 0.2) is 66.2 Å². The number of aromatic nitrogens is 3. The van der Waals surface area contributed by atoms with Gasteiger partial charge >= 0.3 is 0 Å². The number of carbonyl (C=O) groups excluding carboxylic acids is 1. The molecule has 0 unspecified atom stereocenters. The lowest BCUT2D eigenvalue weighted by molar-refractivity contribution is 0.0955. The van der Waals surface area contributed by atoms with Gasteiger partial charge in [0.1, 0.15) is 0 Å². The molecule has 0 aliphatic rings. The molecular formula is C16H13N5O. The number of H-pyrrole nitrogens is 1. The van der Waals surface area contributed by atoms with Gasteiger partial charge in [-0.25, -0.2) is 5.43 Å². The number of amides is 1. The average molecular weight is 291 g/mol. The first-order valence-corrected chi connectivity index (χ1v) is 6.67. The van der Waals surface area contributed by atoms with Crippen molar-refractivity contribution in [3.05, 3.63) is 72.2 Å².